The zero-order valence-electron chi connectivity index (χ0n) is 17.1. The third-order valence-corrected chi connectivity index (χ3v) is 6.13. The first-order valence-corrected chi connectivity index (χ1v) is 10.6. The van der Waals surface area contributed by atoms with Crippen molar-refractivity contribution in [2.24, 2.45) is 0 Å². The number of furan rings is 1. The number of para-hydroxylation sites is 1. The predicted octanol–water partition coefficient (Wildman–Crippen LogP) is 7.14. The standard InChI is InChI=1S/C28H17N3O/c1-2-7-18(8-3-1)19-11-12-22-21(17-19)26-23(31(22)28-29-15-6-16-30-28)13-14-25-27(26)20-9-4-5-10-24(20)32-25/h1-17H. The molecular weight excluding hydrogens is 394 g/mol. The third kappa shape index (κ3) is 2.38. The summed E-state index contributed by atoms with van der Waals surface area (Å²) in [4.78, 5) is 9.12. The monoisotopic (exact) mass is 411 g/mol. The molecule has 4 nitrogen and oxygen atoms in total. The highest BCUT2D eigenvalue weighted by Crippen LogP contribution is 2.41. The lowest BCUT2D eigenvalue weighted by atomic mass is 10.0. The van der Waals surface area contributed by atoms with Gasteiger partial charge in [0.05, 0.1) is 11.0 Å². The molecule has 0 aliphatic heterocycles. The van der Waals surface area contributed by atoms with E-state index >= 15 is 0 Å². The van der Waals surface area contributed by atoms with Crippen molar-refractivity contribution >= 4 is 43.7 Å². The molecule has 7 rings (SSSR count). The zero-order valence-corrected chi connectivity index (χ0v) is 17.1. The Balaban J connectivity index is 1.70. The molecule has 0 unspecified atom stereocenters. The largest absolute Gasteiger partial charge is 0.456 e. The molecule has 4 aromatic carbocycles. The van der Waals surface area contributed by atoms with Crippen LogP contribution < -0.4 is 0 Å². The second kappa shape index (κ2) is 6.53. The van der Waals surface area contributed by atoms with Gasteiger partial charge in [-0.05, 0) is 47.5 Å². The first kappa shape index (κ1) is 17.3. The fourth-order valence-electron chi connectivity index (χ4n) is 4.76. The minimum atomic E-state index is 0.659. The maximum Gasteiger partial charge on any atom is 0.234 e. The van der Waals surface area contributed by atoms with Gasteiger partial charge in [-0.1, -0.05) is 54.6 Å². The zero-order chi connectivity index (χ0) is 21.1. The van der Waals surface area contributed by atoms with Crippen molar-refractivity contribution in [2.45, 2.75) is 0 Å². The van der Waals surface area contributed by atoms with E-state index in [1.165, 1.54) is 11.1 Å². The summed E-state index contributed by atoms with van der Waals surface area (Å²) in [6.07, 6.45) is 3.56. The molecule has 0 bridgehead atoms. The van der Waals surface area contributed by atoms with Crippen molar-refractivity contribution < 1.29 is 4.42 Å². The van der Waals surface area contributed by atoms with Gasteiger partial charge in [-0.15, -0.1) is 0 Å². The van der Waals surface area contributed by atoms with Gasteiger partial charge >= 0.3 is 0 Å². The second-order valence-electron chi connectivity index (χ2n) is 7.91. The molecule has 3 aromatic heterocycles. The summed E-state index contributed by atoms with van der Waals surface area (Å²) < 4.78 is 8.34. The van der Waals surface area contributed by atoms with Crippen molar-refractivity contribution in [2.75, 3.05) is 0 Å². The Morgan fingerprint density at radius 3 is 2.22 bits per heavy atom. The van der Waals surface area contributed by atoms with Gasteiger partial charge < -0.3 is 4.42 Å². The van der Waals surface area contributed by atoms with E-state index in [2.05, 4.69) is 75.2 Å². The summed E-state index contributed by atoms with van der Waals surface area (Å²) >= 11 is 0. The Morgan fingerprint density at radius 2 is 1.34 bits per heavy atom. The smallest absolute Gasteiger partial charge is 0.234 e. The minimum Gasteiger partial charge on any atom is -0.456 e. The van der Waals surface area contributed by atoms with E-state index < -0.39 is 0 Å². The van der Waals surface area contributed by atoms with E-state index in [0.717, 1.165) is 43.7 Å². The number of aromatic nitrogens is 3. The quantitative estimate of drug-likeness (QED) is 0.304. The van der Waals surface area contributed by atoms with Crippen LogP contribution in [0, 0.1) is 0 Å². The highest BCUT2D eigenvalue weighted by molar-refractivity contribution is 6.27. The molecule has 0 radical (unpaired) electrons. The lowest BCUT2D eigenvalue weighted by molar-refractivity contribution is 0.669. The summed E-state index contributed by atoms with van der Waals surface area (Å²) in [6, 6.07) is 31.3. The van der Waals surface area contributed by atoms with Crippen LogP contribution >= 0.6 is 0 Å². The first-order chi connectivity index (χ1) is 15.9. The van der Waals surface area contributed by atoms with Crippen molar-refractivity contribution in [1.29, 1.82) is 0 Å². The number of rotatable bonds is 2. The molecule has 3 heterocycles. The molecule has 0 aliphatic rings. The van der Waals surface area contributed by atoms with E-state index in [9.17, 15) is 0 Å². The summed E-state index contributed by atoms with van der Waals surface area (Å²) in [5, 5.41) is 4.56. The van der Waals surface area contributed by atoms with Gasteiger partial charge in [0.2, 0.25) is 5.95 Å². The van der Waals surface area contributed by atoms with Crippen LogP contribution in [0.4, 0.5) is 0 Å². The lowest BCUT2D eigenvalue weighted by Crippen LogP contribution is -1.99. The molecule has 0 saturated carbocycles. The summed E-state index contributed by atoms with van der Waals surface area (Å²) in [5.74, 6) is 0.659. The number of hydrogen-bond acceptors (Lipinski definition) is 3. The average molecular weight is 411 g/mol. The van der Waals surface area contributed by atoms with Crippen molar-refractivity contribution in [1.82, 2.24) is 14.5 Å². The Morgan fingerprint density at radius 1 is 0.562 bits per heavy atom. The molecule has 0 N–H and O–H groups in total. The molecule has 0 aliphatic carbocycles. The van der Waals surface area contributed by atoms with Crippen LogP contribution in [0.15, 0.2) is 108 Å². The van der Waals surface area contributed by atoms with Gasteiger partial charge in [-0.25, -0.2) is 9.97 Å². The fraction of sp³-hybridized carbons (Fsp3) is 0. The Bertz CT molecular complexity index is 1760. The van der Waals surface area contributed by atoms with Crippen molar-refractivity contribution in [3.05, 3.63) is 103 Å². The van der Waals surface area contributed by atoms with Gasteiger partial charge in [0.1, 0.15) is 11.2 Å². The molecule has 0 fully saturated rings. The van der Waals surface area contributed by atoms with Crippen molar-refractivity contribution in [3.8, 4) is 17.1 Å². The van der Waals surface area contributed by atoms with E-state index in [-0.39, 0.29) is 0 Å². The van der Waals surface area contributed by atoms with Gasteiger partial charge in [-0.2, -0.15) is 0 Å². The normalized spacial score (nSPS) is 11.8. The second-order valence-corrected chi connectivity index (χ2v) is 7.91. The SMILES string of the molecule is c1ccc(-c2ccc3c(c2)c2c4c(ccc2n3-c2ncccn2)oc2ccccc24)cc1. The fourth-order valence-corrected chi connectivity index (χ4v) is 4.76. The predicted molar refractivity (Wildman–Crippen MR) is 129 cm³/mol. The Kier molecular flexibility index (Phi) is 3.52. The molecule has 7 aromatic rings. The van der Waals surface area contributed by atoms with Gasteiger partial charge in [-0.3, -0.25) is 4.57 Å². The molecule has 0 amide bonds. The van der Waals surface area contributed by atoms with Gasteiger partial charge in [0, 0.05) is 33.9 Å². The summed E-state index contributed by atoms with van der Waals surface area (Å²) in [5.41, 5.74) is 6.29. The van der Waals surface area contributed by atoms with Crippen LogP contribution in [0.5, 0.6) is 0 Å². The molecule has 4 heteroatoms. The average Bonchev–Trinajstić information content (AvgIpc) is 3.40. The van der Waals surface area contributed by atoms with Gasteiger partial charge in [0.25, 0.3) is 0 Å². The Labute approximate surface area is 183 Å². The van der Waals surface area contributed by atoms with Crippen LogP contribution in [0.2, 0.25) is 0 Å². The number of benzene rings is 4. The van der Waals surface area contributed by atoms with Crippen LogP contribution in [0.1, 0.15) is 0 Å². The maximum atomic E-state index is 6.20. The van der Waals surface area contributed by atoms with E-state index in [1.807, 2.05) is 30.3 Å². The topological polar surface area (TPSA) is 43.9 Å². The van der Waals surface area contributed by atoms with E-state index in [0.29, 0.717) is 5.95 Å². The molecule has 0 spiro atoms. The van der Waals surface area contributed by atoms with E-state index in [4.69, 9.17) is 4.42 Å². The number of hydrogen-bond donors (Lipinski definition) is 0. The van der Waals surface area contributed by atoms with E-state index in [1.54, 1.807) is 12.4 Å². The Hall–Kier alpha value is -4.44. The molecule has 150 valence electrons. The van der Waals surface area contributed by atoms with Crippen LogP contribution in [0.25, 0.3) is 60.8 Å². The number of fused-ring (bicyclic) bond motifs is 7. The molecule has 0 saturated heterocycles. The molecule has 0 atom stereocenters. The highest BCUT2D eigenvalue weighted by Gasteiger charge is 2.19. The summed E-state index contributed by atoms with van der Waals surface area (Å²) in [7, 11) is 0. The number of nitrogens with zero attached hydrogens (tertiary/aromatic N) is 3. The molecular formula is C28H17N3O. The highest BCUT2D eigenvalue weighted by atomic mass is 16.3. The van der Waals surface area contributed by atoms with Crippen molar-refractivity contribution in [3.63, 3.8) is 0 Å². The van der Waals surface area contributed by atoms with Crippen LogP contribution in [0.3, 0.4) is 0 Å². The first-order valence-electron chi connectivity index (χ1n) is 10.6. The minimum absolute atomic E-state index is 0.659. The maximum absolute atomic E-state index is 6.20. The lowest BCUT2D eigenvalue weighted by Gasteiger charge is -2.06. The summed E-state index contributed by atoms with van der Waals surface area (Å²) in [6.45, 7) is 0. The van der Waals surface area contributed by atoms with Crippen LogP contribution in [-0.4, -0.2) is 14.5 Å². The third-order valence-electron chi connectivity index (χ3n) is 6.13. The van der Waals surface area contributed by atoms with Crippen LogP contribution in [-0.2, 0) is 0 Å². The van der Waals surface area contributed by atoms with Gasteiger partial charge in [0.15, 0.2) is 0 Å². The molecule has 32 heavy (non-hydrogen) atoms.